The van der Waals surface area contributed by atoms with Crippen LogP contribution in [-0.4, -0.2) is 48.0 Å². The second-order valence-electron chi connectivity index (χ2n) is 5.79. The Hall–Kier alpha value is -2.85. The summed E-state index contributed by atoms with van der Waals surface area (Å²) in [5.41, 5.74) is 1.40. The molecule has 1 saturated heterocycles. The highest BCUT2D eigenvalue weighted by Gasteiger charge is 2.29. The summed E-state index contributed by atoms with van der Waals surface area (Å²) in [6.07, 6.45) is 1.89. The first-order valence-electron chi connectivity index (χ1n) is 7.89. The summed E-state index contributed by atoms with van der Waals surface area (Å²) in [6, 6.07) is 9.65. The van der Waals surface area contributed by atoms with Gasteiger partial charge in [-0.3, -0.25) is 0 Å². The van der Waals surface area contributed by atoms with Crippen molar-refractivity contribution in [3.63, 3.8) is 0 Å². The predicted molar refractivity (Wildman–Crippen MR) is 91.1 cm³/mol. The molecule has 2 aliphatic rings. The van der Waals surface area contributed by atoms with Crippen molar-refractivity contribution in [2.45, 2.75) is 18.9 Å². The van der Waals surface area contributed by atoms with Gasteiger partial charge in [-0.2, -0.15) is 5.26 Å². The van der Waals surface area contributed by atoms with Crippen LogP contribution in [0.15, 0.2) is 40.5 Å². The van der Waals surface area contributed by atoms with Crippen molar-refractivity contribution in [1.29, 1.82) is 5.26 Å². The van der Waals surface area contributed by atoms with Crippen LogP contribution in [0.4, 0.5) is 11.4 Å². The number of amidine groups is 1. The van der Waals surface area contributed by atoms with Gasteiger partial charge in [-0.05, 0) is 32.0 Å². The number of hydrogen-bond acceptors (Lipinski definition) is 6. The van der Waals surface area contributed by atoms with Crippen LogP contribution >= 0.6 is 0 Å². The fraction of sp³-hybridized carbons (Fsp3) is 0.353. The maximum absolute atomic E-state index is 11.5. The number of likely N-dealkylation sites (tertiary alicyclic amines) is 1. The summed E-state index contributed by atoms with van der Waals surface area (Å²) in [7, 11) is 1.94. The maximum atomic E-state index is 11.5. The van der Waals surface area contributed by atoms with E-state index in [1.807, 2.05) is 36.2 Å². The van der Waals surface area contributed by atoms with Crippen molar-refractivity contribution in [3.05, 3.63) is 35.5 Å². The van der Waals surface area contributed by atoms with Crippen LogP contribution in [0.5, 0.6) is 0 Å². The standard InChI is InChI=1S/C17H19N5O2/c1-19-11-6-8-22(9-7-11)16-15(12(10-18)17(23)24)20-13-4-2-3-5-14(13)21-16/h2-5,11,19-20H,6-9H2,1H3,(H,23,24)/b15-12-. The van der Waals surface area contributed by atoms with Crippen molar-refractivity contribution in [2.75, 3.05) is 25.5 Å². The molecule has 0 bridgehead atoms. The van der Waals surface area contributed by atoms with E-state index in [0.717, 1.165) is 31.6 Å². The lowest BCUT2D eigenvalue weighted by Crippen LogP contribution is -2.46. The summed E-state index contributed by atoms with van der Waals surface area (Å²) in [4.78, 5) is 18.2. The first-order chi connectivity index (χ1) is 11.6. The zero-order valence-electron chi connectivity index (χ0n) is 13.4. The first-order valence-corrected chi connectivity index (χ1v) is 7.89. The van der Waals surface area contributed by atoms with Crippen LogP contribution in [0.25, 0.3) is 0 Å². The summed E-state index contributed by atoms with van der Waals surface area (Å²) in [5, 5.41) is 25.0. The molecule has 0 unspecified atom stereocenters. The van der Waals surface area contributed by atoms with Gasteiger partial charge in [0.25, 0.3) is 0 Å². The highest BCUT2D eigenvalue weighted by Crippen LogP contribution is 2.33. The third kappa shape index (κ3) is 2.96. The Morgan fingerprint density at radius 2 is 2.12 bits per heavy atom. The van der Waals surface area contributed by atoms with Gasteiger partial charge in [0.05, 0.1) is 11.4 Å². The van der Waals surface area contributed by atoms with Gasteiger partial charge >= 0.3 is 5.97 Å². The lowest BCUT2D eigenvalue weighted by atomic mass is 10.0. The molecule has 3 rings (SSSR count). The second kappa shape index (κ2) is 6.72. The number of anilines is 1. The van der Waals surface area contributed by atoms with Gasteiger partial charge in [0.2, 0.25) is 0 Å². The van der Waals surface area contributed by atoms with Gasteiger partial charge in [0.1, 0.15) is 11.8 Å². The normalized spacial score (nSPS) is 19.7. The van der Waals surface area contributed by atoms with E-state index < -0.39 is 5.97 Å². The number of carbonyl (C=O) groups is 1. The van der Waals surface area contributed by atoms with E-state index in [1.54, 1.807) is 6.07 Å². The van der Waals surface area contributed by atoms with E-state index in [4.69, 9.17) is 0 Å². The molecule has 7 nitrogen and oxygen atoms in total. The molecule has 2 aliphatic heterocycles. The number of hydrogen-bond donors (Lipinski definition) is 3. The van der Waals surface area contributed by atoms with E-state index in [0.29, 0.717) is 17.6 Å². The van der Waals surface area contributed by atoms with Crippen LogP contribution < -0.4 is 10.6 Å². The molecule has 1 fully saturated rings. The number of fused-ring (bicyclic) bond motifs is 1. The molecule has 124 valence electrons. The molecule has 0 aliphatic carbocycles. The van der Waals surface area contributed by atoms with Crippen LogP contribution in [-0.2, 0) is 4.79 Å². The summed E-state index contributed by atoms with van der Waals surface area (Å²) < 4.78 is 0. The Morgan fingerprint density at radius 1 is 1.42 bits per heavy atom. The predicted octanol–water partition coefficient (Wildman–Crippen LogP) is 1.69. The first kappa shape index (κ1) is 16.0. The van der Waals surface area contributed by atoms with Gasteiger partial charge < -0.3 is 20.6 Å². The van der Waals surface area contributed by atoms with Crippen molar-refractivity contribution in [2.24, 2.45) is 4.99 Å². The number of para-hydroxylation sites is 2. The van der Waals surface area contributed by atoms with Crippen LogP contribution in [0.3, 0.4) is 0 Å². The Kier molecular flexibility index (Phi) is 4.49. The fourth-order valence-corrected chi connectivity index (χ4v) is 3.03. The van der Waals surface area contributed by atoms with E-state index >= 15 is 0 Å². The van der Waals surface area contributed by atoms with Gasteiger partial charge in [-0.1, -0.05) is 12.1 Å². The van der Waals surface area contributed by atoms with Gasteiger partial charge in [0.15, 0.2) is 11.4 Å². The largest absolute Gasteiger partial charge is 0.477 e. The number of nitriles is 1. The highest BCUT2D eigenvalue weighted by atomic mass is 16.4. The van der Waals surface area contributed by atoms with Crippen LogP contribution in [0.2, 0.25) is 0 Å². The van der Waals surface area contributed by atoms with Gasteiger partial charge in [-0.25, -0.2) is 9.79 Å². The maximum Gasteiger partial charge on any atom is 0.348 e. The number of carboxylic acids is 1. The molecule has 0 aromatic heterocycles. The molecular formula is C17H19N5O2. The zero-order chi connectivity index (χ0) is 17.1. The molecule has 0 amide bonds. The molecule has 1 aromatic carbocycles. The number of piperidine rings is 1. The summed E-state index contributed by atoms with van der Waals surface area (Å²) in [5.74, 6) is -0.723. The molecular weight excluding hydrogens is 306 g/mol. The molecule has 1 aromatic rings. The fourth-order valence-electron chi connectivity index (χ4n) is 3.03. The third-order valence-corrected chi connectivity index (χ3v) is 4.39. The number of nitrogens with zero attached hydrogens (tertiary/aromatic N) is 3. The summed E-state index contributed by atoms with van der Waals surface area (Å²) in [6.45, 7) is 1.52. The third-order valence-electron chi connectivity index (χ3n) is 4.39. The number of nitrogens with one attached hydrogen (secondary N) is 2. The molecule has 24 heavy (non-hydrogen) atoms. The van der Waals surface area contributed by atoms with Gasteiger partial charge in [0, 0.05) is 19.1 Å². The molecule has 0 radical (unpaired) electrons. The van der Waals surface area contributed by atoms with Crippen LogP contribution in [0.1, 0.15) is 12.8 Å². The number of carboxylic acid groups (broad SMARTS) is 1. The molecule has 7 heteroatoms. The SMILES string of the molecule is CNC1CCN(C2=Nc3ccccc3N/C2=C(/C#N)C(=O)O)CC1. The Labute approximate surface area is 140 Å². The number of benzene rings is 1. The minimum atomic E-state index is -1.25. The Balaban J connectivity index is 2.03. The van der Waals surface area contributed by atoms with E-state index in [9.17, 15) is 15.2 Å². The lowest BCUT2D eigenvalue weighted by Gasteiger charge is -2.36. The van der Waals surface area contributed by atoms with Crippen molar-refractivity contribution < 1.29 is 9.90 Å². The molecule has 3 N–H and O–H groups in total. The van der Waals surface area contributed by atoms with Gasteiger partial charge in [-0.15, -0.1) is 0 Å². The quantitative estimate of drug-likeness (QED) is 0.565. The number of rotatable bonds is 2. The summed E-state index contributed by atoms with van der Waals surface area (Å²) >= 11 is 0. The zero-order valence-corrected chi connectivity index (χ0v) is 13.4. The van der Waals surface area contributed by atoms with Crippen LogP contribution in [0, 0.1) is 11.3 Å². The van der Waals surface area contributed by atoms with Crippen molar-refractivity contribution in [1.82, 2.24) is 10.2 Å². The Morgan fingerprint density at radius 3 is 2.75 bits per heavy atom. The molecule has 0 atom stereocenters. The number of aliphatic carboxylic acids is 1. The topological polar surface area (TPSA) is 101 Å². The number of aliphatic imine (C=N–C) groups is 1. The minimum Gasteiger partial charge on any atom is -0.477 e. The minimum absolute atomic E-state index is 0.270. The monoisotopic (exact) mass is 325 g/mol. The van der Waals surface area contributed by atoms with E-state index in [-0.39, 0.29) is 11.3 Å². The average molecular weight is 325 g/mol. The molecule has 2 heterocycles. The van der Waals surface area contributed by atoms with Crippen molar-refractivity contribution >= 4 is 23.2 Å². The Bertz CT molecular complexity index is 754. The van der Waals surface area contributed by atoms with E-state index in [1.165, 1.54) is 0 Å². The average Bonchev–Trinajstić information content (AvgIpc) is 2.61. The van der Waals surface area contributed by atoms with E-state index in [2.05, 4.69) is 15.6 Å². The molecule has 0 spiro atoms. The second-order valence-corrected chi connectivity index (χ2v) is 5.79. The van der Waals surface area contributed by atoms with Crippen molar-refractivity contribution in [3.8, 4) is 6.07 Å². The lowest BCUT2D eigenvalue weighted by molar-refractivity contribution is -0.132. The highest BCUT2D eigenvalue weighted by molar-refractivity contribution is 6.12. The molecule has 0 saturated carbocycles. The smallest absolute Gasteiger partial charge is 0.348 e.